The highest BCUT2D eigenvalue weighted by molar-refractivity contribution is 9.10. The van der Waals surface area contributed by atoms with Gasteiger partial charge in [-0.2, -0.15) is 24.9 Å². The fourth-order valence-corrected chi connectivity index (χ4v) is 3.52. The van der Waals surface area contributed by atoms with Gasteiger partial charge >= 0.3 is 6.18 Å². The minimum absolute atomic E-state index is 0.129. The summed E-state index contributed by atoms with van der Waals surface area (Å²) in [4.78, 5) is 12.1. The summed E-state index contributed by atoms with van der Waals surface area (Å²) >= 11 is 4.66. The second-order valence-corrected chi connectivity index (χ2v) is 6.22. The van der Waals surface area contributed by atoms with Crippen molar-refractivity contribution < 1.29 is 18.0 Å². The van der Waals surface area contributed by atoms with Crippen LogP contribution in [0, 0.1) is 0 Å². The molecule has 0 aromatic heterocycles. The van der Waals surface area contributed by atoms with Crippen molar-refractivity contribution in [2.75, 3.05) is 5.75 Å². The third-order valence-electron chi connectivity index (χ3n) is 2.78. The number of Topliss-reactive ketones (excluding diaryl/α,β-unsaturated/α-hetero) is 1. The van der Waals surface area contributed by atoms with Gasteiger partial charge in [-0.25, -0.2) is 0 Å². The van der Waals surface area contributed by atoms with Gasteiger partial charge in [0.25, 0.3) is 0 Å². The molecule has 0 radical (unpaired) electrons. The number of hydrogen-bond donors (Lipinski definition) is 0. The lowest BCUT2D eigenvalue weighted by atomic mass is 10.0. The fraction of sp³-hybridized carbons (Fsp3) is 0.417. The van der Waals surface area contributed by atoms with Gasteiger partial charge in [0.1, 0.15) is 0 Å². The number of halogens is 4. The first kappa shape index (κ1) is 13.9. The summed E-state index contributed by atoms with van der Waals surface area (Å²) in [6.07, 6.45) is -2.73. The predicted molar refractivity (Wildman–Crippen MR) is 69.0 cm³/mol. The third-order valence-corrected chi connectivity index (χ3v) is 4.85. The molecule has 1 unspecified atom stereocenters. The van der Waals surface area contributed by atoms with Crippen molar-refractivity contribution in [3.05, 3.63) is 33.8 Å². The van der Waals surface area contributed by atoms with E-state index in [1.54, 1.807) is 0 Å². The van der Waals surface area contributed by atoms with Crippen LogP contribution in [-0.2, 0) is 6.18 Å². The Morgan fingerprint density at radius 2 is 2.11 bits per heavy atom. The molecular formula is C12H10BrF3OS. The molecule has 1 fully saturated rings. The van der Waals surface area contributed by atoms with Crippen LogP contribution in [0.4, 0.5) is 13.2 Å². The lowest BCUT2D eigenvalue weighted by Crippen LogP contribution is -2.16. The average molecular weight is 339 g/mol. The smallest absolute Gasteiger partial charge is 0.293 e. The predicted octanol–water partition coefficient (Wildman–Crippen LogP) is 4.55. The monoisotopic (exact) mass is 338 g/mol. The van der Waals surface area contributed by atoms with Crippen molar-refractivity contribution >= 4 is 33.5 Å². The Morgan fingerprint density at radius 1 is 1.39 bits per heavy atom. The van der Waals surface area contributed by atoms with E-state index in [4.69, 9.17) is 0 Å². The molecule has 0 amide bonds. The molecule has 6 heteroatoms. The minimum Gasteiger partial charge on any atom is -0.293 e. The zero-order valence-corrected chi connectivity index (χ0v) is 11.7. The Kier molecular flexibility index (Phi) is 4.06. The highest BCUT2D eigenvalue weighted by Gasteiger charge is 2.33. The lowest BCUT2D eigenvalue weighted by Gasteiger charge is -2.12. The molecule has 1 atom stereocenters. The second kappa shape index (κ2) is 5.25. The Labute approximate surface area is 115 Å². The van der Waals surface area contributed by atoms with Gasteiger partial charge in [0, 0.05) is 10.0 Å². The molecule has 1 aromatic carbocycles. The zero-order chi connectivity index (χ0) is 13.3. The Bertz CT molecular complexity index is 467. The average Bonchev–Trinajstić information content (AvgIpc) is 2.80. The minimum atomic E-state index is -4.42. The fourth-order valence-electron chi connectivity index (χ4n) is 1.85. The van der Waals surface area contributed by atoms with Crippen LogP contribution < -0.4 is 0 Å². The molecule has 1 saturated heterocycles. The van der Waals surface area contributed by atoms with Gasteiger partial charge in [0.2, 0.25) is 0 Å². The van der Waals surface area contributed by atoms with Crippen LogP contribution in [0.3, 0.4) is 0 Å². The van der Waals surface area contributed by atoms with E-state index in [0.29, 0.717) is 4.47 Å². The number of carbonyl (C=O) groups is 1. The summed E-state index contributed by atoms with van der Waals surface area (Å²) in [7, 11) is 0. The maximum absolute atomic E-state index is 12.6. The second-order valence-electron chi connectivity index (χ2n) is 4.06. The number of benzene rings is 1. The molecule has 0 spiro atoms. The maximum Gasteiger partial charge on any atom is 0.416 e. The van der Waals surface area contributed by atoms with E-state index in [1.165, 1.54) is 17.8 Å². The van der Waals surface area contributed by atoms with Gasteiger partial charge in [0.05, 0.1) is 10.8 Å². The van der Waals surface area contributed by atoms with Gasteiger partial charge < -0.3 is 0 Å². The summed E-state index contributed by atoms with van der Waals surface area (Å²) < 4.78 is 38.2. The molecule has 0 saturated carbocycles. The number of ketones is 1. The topological polar surface area (TPSA) is 17.1 Å². The molecule has 18 heavy (non-hydrogen) atoms. The summed E-state index contributed by atoms with van der Waals surface area (Å²) in [5, 5.41) is -0.204. The van der Waals surface area contributed by atoms with Crippen molar-refractivity contribution in [1.82, 2.24) is 0 Å². The Morgan fingerprint density at radius 3 is 2.67 bits per heavy atom. The molecule has 1 aliphatic heterocycles. The first-order chi connectivity index (χ1) is 8.39. The van der Waals surface area contributed by atoms with Crippen molar-refractivity contribution in [1.29, 1.82) is 0 Å². The molecule has 1 nitrogen and oxygen atoms in total. The zero-order valence-electron chi connectivity index (χ0n) is 9.26. The first-order valence-corrected chi connectivity index (χ1v) is 7.26. The van der Waals surface area contributed by atoms with Crippen LogP contribution in [0.2, 0.25) is 0 Å². The summed E-state index contributed by atoms with van der Waals surface area (Å²) in [5.74, 6) is 0.683. The molecule has 0 aliphatic carbocycles. The van der Waals surface area contributed by atoms with E-state index < -0.39 is 11.7 Å². The van der Waals surface area contributed by atoms with Gasteiger partial charge in [-0.05, 0) is 36.8 Å². The molecule has 98 valence electrons. The van der Waals surface area contributed by atoms with E-state index in [9.17, 15) is 18.0 Å². The largest absolute Gasteiger partial charge is 0.416 e. The van der Waals surface area contributed by atoms with Gasteiger partial charge in [0.15, 0.2) is 5.78 Å². The van der Waals surface area contributed by atoms with Crippen molar-refractivity contribution in [3.8, 4) is 0 Å². The van der Waals surface area contributed by atoms with E-state index >= 15 is 0 Å². The normalized spacial score (nSPS) is 20.1. The number of hydrogen-bond acceptors (Lipinski definition) is 2. The van der Waals surface area contributed by atoms with E-state index in [-0.39, 0.29) is 16.6 Å². The molecule has 1 aliphatic rings. The molecule has 1 aromatic rings. The van der Waals surface area contributed by atoms with Crippen molar-refractivity contribution in [2.45, 2.75) is 24.3 Å². The molecule has 0 bridgehead atoms. The van der Waals surface area contributed by atoms with Crippen LogP contribution in [0.1, 0.15) is 28.8 Å². The van der Waals surface area contributed by atoms with Crippen molar-refractivity contribution in [2.24, 2.45) is 0 Å². The highest BCUT2D eigenvalue weighted by Crippen LogP contribution is 2.35. The maximum atomic E-state index is 12.6. The van der Waals surface area contributed by atoms with Gasteiger partial charge in [-0.1, -0.05) is 15.9 Å². The molecular weight excluding hydrogens is 329 g/mol. The number of alkyl halides is 3. The standard InChI is InChI=1S/C12H10BrF3OS/c13-9-4-3-7(12(14,15)16)6-8(9)11(17)10-2-1-5-18-10/h3-4,6,10H,1-2,5H2. The van der Waals surface area contributed by atoms with Crippen LogP contribution in [0.15, 0.2) is 22.7 Å². The third kappa shape index (κ3) is 2.91. The SMILES string of the molecule is O=C(c1cc(C(F)(F)F)ccc1Br)C1CCCS1. The van der Waals surface area contributed by atoms with Crippen molar-refractivity contribution in [3.63, 3.8) is 0 Å². The van der Waals surface area contributed by atoms with Gasteiger partial charge in [-0.3, -0.25) is 4.79 Å². The van der Waals surface area contributed by atoms with Crippen LogP contribution >= 0.6 is 27.7 Å². The van der Waals surface area contributed by atoms with E-state index in [1.807, 2.05) is 0 Å². The molecule has 1 heterocycles. The summed E-state index contributed by atoms with van der Waals surface area (Å²) in [5.41, 5.74) is -0.652. The Hall–Kier alpha value is -0.490. The highest BCUT2D eigenvalue weighted by atomic mass is 79.9. The summed E-state index contributed by atoms with van der Waals surface area (Å²) in [6.45, 7) is 0. The number of rotatable bonds is 2. The van der Waals surface area contributed by atoms with Crippen LogP contribution in [-0.4, -0.2) is 16.8 Å². The molecule has 2 rings (SSSR count). The quantitative estimate of drug-likeness (QED) is 0.736. The number of thioether (sulfide) groups is 1. The Balaban J connectivity index is 2.34. The van der Waals surface area contributed by atoms with Crippen LogP contribution in [0.5, 0.6) is 0 Å². The van der Waals surface area contributed by atoms with E-state index in [0.717, 1.165) is 30.7 Å². The van der Waals surface area contributed by atoms with Gasteiger partial charge in [-0.15, -0.1) is 0 Å². The molecule has 0 N–H and O–H groups in total. The first-order valence-electron chi connectivity index (χ1n) is 5.42. The van der Waals surface area contributed by atoms with Crippen LogP contribution in [0.25, 0.3) is 0 Å². The van der Waals surface area contributed by atoms with E-state index in [2.05, 4.69) is 15.9 Å². The number of carbonyl (C=O) groups excluding carboxylic acids is 1. The summed E-state index contributed by atoms with van der Waals surface area (Å²) in [6, 6.07) is 3.20. The lowest BCUT2D eigenvalue weighted by molar-refractivity contribution is -0.137.